The molecular formula is C17H16N2O5. The van der Waals surface area contributed by atoms with E-state index in [4.69, 9.17) is 9.47 Å². The summed E-state index contributed by atoms with van der Waals surface area (Å²) < 4.78 is 10.2. The van der Waals surface area contributed by atoms with Gasteiger partial charge in [-0.15, -0.1) is 0 Å². The summed E-state index contributed by atoms with van der Waals surface area (Å²) in [5.74, 6) is -1.21. The average molecular weight is 328 g/mol. The predicted octanol–water partition coefficient (Wildman–Crippen LogP) is 2.17. The highest BCUT2D eigenvalue weighted by atomic mass is 16.5. The highest BCUT2D eigenvalue weighted by Gasteiger charge is 2.20. The molecule has 2 rings (SSSR count). The normalized spacial score (nSPS) is 10.4. The van der Waals surface area contributed by atoms with E-state index in [2.05, 4.69) is 10.5 Å². The van der Waals surface area contributed by atoms with Crippen molar-refractivity contribution in [3.63, 3.8) is 0 Å². The summed E-state index contributed by atoms with van der Waals surface area (Å²) in [4.78, 5) is 23.4. The number of carboxylic acids is 1. The molecule has 0 aromatic heterocycles. The summed E-state index contributed by atoms with van der Waals surface area (Å²) in [6.45, 7) is 0. The summed E-state index contributed by atoms with van der Waals surface area (Å²) in [5.41, 5.74) is 2.96. The van der Waals surface area contributed by atoms with Crippen molar-refractivity contribution in [2.45, 2.75) is 0 Å². The van der Waals surface area contributed by atoms with Crippen LogP contribution < -0.4 is 14.9 Å². The van der Waals surface area contributed by atoms with Gasteiger partial charge in [0.1, 0.15) is 5.56 Å². The molecule has 7 nitrogen and oxygen atoms in total. The second-order valence-electron chi connectivity index (χ2n) is 4.64. The lowest BCUT2D eigenvalue weighted by Crippen LogP contribution is -2.17. The van der Waals surface area contributed by atoms with E-state index in [9.17, 15) is 14.7 Å². The van der Waals surface area contributed by atoms with Gasteiger partial charge in [0, 0.05) is 11.1 Å². The van der Waals surface area contributed by atoms with Crippen LogP contribution >= 0.6 is 0 Å². The molecule has 24 heavy (non-hydrogen) atoms. The number of carboxylic acid groups (broad SMARTS) is 1. The van der Waals surface area contributed by atoms with Gasteiger partial charge in [-0.05, 0) is 24.3 Å². The molecule has 2 aromatic carbocycles. The van der Waals surface area contributed by atoms with Gasteiger partial charge < -0.3 is 14.6 Å². The van der Waals surface area contributed by atoms with E-state index >= 15 is 0 Å². The number of hydrogen-bond acceptors (Lipinski definition) is 5. The van der Waals surface area contributed by atoms with Gasteiger partial charge in [-0.1, -0.05) is 18.2 Å². The number of methoxy groups -OCH3 is 2. The van der Waals surface area contributed by atoms with E-state index in [1.807, 2.05) is 0 Å². The maximum atomic E-state index is 11.9. The van der Waals surface area contributed by atoms with Crippen LogP contribution in [0.3, 0.4) is 0 Å². The Kier molecular flexibility index (Phi) is 5.51. The number of ether oxygens (including phenoxy) is 2. The van der Waals surface area contributed by atoms with Crippen molar-refractivity contribution in [3.05, 3.63) is 59.2 Å². The fraction of sp³-hybridized carbons (Fsp3) is 0.118. The molecule has 0 unspecified atom stereocenters. The Bertz CT molecular complexity index is 772. The lowest BCUT2D eigenvalue weighted by atomic mass is 10.1. The molecule has 2 aromatic rings. The third kappa shape index (κ3) is 3.70. The van der Waals surface area contributed by atoms with Crippen LogP contribution in [-0.4, -0.2) is 37.4 Å². The number of hydrazone groups is 1. The highest BCUT2D eigenvalue weighted by molar-refractivity contribution is 6.02. The first-order chi connectivity index (χ1) is 11.6. The molecule has 7 heteroatoms. The minimum Gasteiger partial charge on any atom is -0.493 e. The third-order valence-electron chi connectivity index (χ3n) is 3.20. The van der Waals surface area contributed by atoms with Crippen LogP contribution in [0.5, 0.6) is 11.5 Å². The molecule has 124 valence electrons. The molecule has 0 heterocycles. The van der Waals surface area contributed by atoms with Gasteiger partial charge in [-0.2, -0.15) is 5.10 Å². The van der Waals surface area contributed by atoms with Crippen molar-refractivity contribution >= 4 is 18.1 Å². The van der Waals surface area contributed by atoms with Gasteiger partial charge in [0.2, 0.25) is 0 Å². The molecule has 0 saturated heterocycles. The Labute approximate surface area is 138 Å². The fourth-order valence-electron chi connectivity index (χ4n) is 2.08. The standard InChI is InChI=1S/C17H16N2O5/c1-23-13-9-8-12(14(17(21)22)15(13)24-2)10-18-19-16(20)11-6-4-3-5-7-11/h3-10H,1-2H3,(H,19,20)(H,21,22)/b18-10-. The maximum absolute atomic E-state index is 11.9. The van der Waals surface area contributed by atoms with Gasteiger partial charge in [0.15, 0.2) is 11.5 Å². The van der Waals surface area contributed by atoms with Gasteiger partial charge in [-0.3, -0.25) is 4.79 Å². The number of hydrogen-bond donors (Lipinski definition) is 2. The Morgan fingerprint density at radius 2 is 1.79 bits per heavy atom. The second-order valence-corrected chi connectivity index (χ2v) is 4.64. The molecule has 1 amide bonds. The van der Waals surface area contributed by atoms with E-state index in [0.29, 0.717) is 11.3 Å². The molecule has 0 radical (unpaired) electrons. The molecule has 0 fully saturated rings. The van der Waals surface area contributed by atoms with Gasteiger partial charge in [0.25, 0.3) is 5.91 Å². The van der Waals surface area contributed by atoms with Crippen molar-refractivity contribution in [2.24, 2.45) is 5.10 Å². The van der Waals surface area contributed by atoms with E-state index < -0.39 is 11.9 Å². The summed E-state index contributed by atoms with van der Waals surface area (Å²) in [7, 11) is 2.76. The zero-order valence-corrected chi connectivity index (χ0v) is 13.1. The van der Waals surface area contributed by atoms with Crippen molar-refractivity contribution in [2.75, 3.05) is 14.2 Å². The molecule has 0 spiro atoms. The highest BCUT2D eigenvalue weighted by Crippen LogP contribution is 2.32. The molecular weight excluding hydrogens is 312 g/mol. The number of rotatable bonds is 6. The van der Waals surface area contributed by atoms with Crippen molar-refractivity contribution < 1.29 is 24.2 Å². The van der Waals surface area contributed by atoms with Crippen LogP contribution in [0.2, 0.25) is 0 Å². The summed E-state index contributed by atoms with van der Waals surface area (Å²) in [5, 5.41) is 13.2. The molecule has 0 bridgehead atoms. The van der Waals surface area contributed by atoms with Gasteiger partial charge in [0.05, 0.1) is 20.4 Å². The topological polar surface area (TPSA) is 97.2 Å². The quantitative estimate of drug-likeness (QED) is 0.625. The lowest BCUT2D eigenvalue weighted by Gasteiger charge is -2.12. The first kappa shape index (κ1) is 17.0. The van der Waals surface area contributed by atoms with Crippen LogP contribution in [-0.2, 0) is 0 Å². The lowest BCUT2D eigenvalue weighted by molar-refractivity contribution is 0.0692. The van der Waals surface area contributed by atoms with Crippen LogP contribution in [0, 0.1) is 0 Å². The van der Waals surface area contributed by atoms with Crippen molar-refractivity contribution in [1.82, 2.24) is 5.43 Å². The van der Waals surface area contributed by atoms with Crippen LogP contribution in [0.15, 0.2) is 47.6 Å². The zero-order valence-electron chi connectivity index (χ0n) is 13.1. The number of benzene rings is 2. The number of nitrogens with one attached hydrogen (secondary N) is 1. The van der Waals surface area contributed by atoms with E-state index in [1.54, 1.807) is 36.4 Å². The second kappa shape index (κ2) is 7.77. The van der Waals surface area contributed by atoms with E-state index in [0.717, 1.165) is 0 Å². The smallest absolute Gasteiger partial charge is 0.340 e. The first-order valence-corrected chi connectivity index (χ1v) is 6.95. The summed E-state index contributed by atoms with van der Waals surface area (Å²) >= 11 is 0. The number of carbonyl (C=O) groups excluding carboxylic acids is 1. The first-order valence-electron chi connectivity index (χ1n) is 6.95. The minimum atomic E-state index is -1.19. The maximum Gasteiger partial charge on any atom is 0.340 e. The van der Waals surface area contributed by atoms with E-state index in [1.165, 1.54) is 26.5 Å². The molecule has 2 N–H and O–H groups in total. The molecule has 0 saturated carbocycles. The van der Waals surface area contributed by atoms with Crippen molar-refractivity contribution in [1.29, 1.82) is 0 Å². The van der Waals surface area contributed by atoms with E-state index in [-0.39, 0.29) is 16.9 Å². The SMILES string of the molecule is COc1ccc(/C=N\NC(=O)c2ccccc2)c(C(=O)O)c1OC. The van der Waals surface area contributed by atoms with Gasteiger partial charge >= 0.3 is 5.97 Å². The molecule has 0 aliphatic heterocycles. The molecule has 0 aliphatic rings. The Morgan fingerprint density at radius 1 is 1.08 bits per heavy atom. The number of nitrogens with zero attached hydrogens (tertiary/aromatic N) is 1. The van der Waals surface area contributed by atoms with Crippen LogP contribution in [0.4, 0.5) is 0 Å². The molecule has 0 atom stereocenters. The van der Waals surface area contributed by atoms with Crippen molar-refractivity contribution in [3.8, 4) is 11.5 Å². The molecule has 0 aliphatic carbocycles. The number of amides is 1. The Hall–Kier alpha value is -3.35. The summed E-state index contributed by atoms with van der Waals surface area (Å²) in [6.07, 6.45) is 1.24. The zero-order chi connectivity index (χ0) is 17.5. The minimum absolute atomic E-state index is 0.0864. The van der Waals surface area contributed by atoms with Crippen LogP contribution in [0.25, 0.3) is 0 Å². The average Bonchev–Trinajstić information content (AvgIpc) is 2.61. The Balaban J connectivity index is 2.26. The van der Waals surface area contributed by atoms with Gasteiger partial charge in [-0.25, -0.2) is 10.2 Å². The predicted molar refractivity (Wildman–Crippen MR) is 88.0 cm³/mol. The third-order valence-corrected chi connectivity index (χ3v) is 3.20. The number of aromatic carboxylic acids is 1. The summed E-state index contributed by atoms with van der Waals surface area (Å²) in [6, 6.07) is 11.6. The number of carbonyl (C=O) groups is 2. The largest absolute Gasteiger partial charge is 0.493 e. The fourth-order valence-corrected chi connectivity index (χ4v) is 2.08. The Morgan fingerprint density at radius 3 is 2.38 bits per heavy atom. The monoisotopic (exact) mass is 328 g/mol. The van der Waals surface area contributed by atoms with Crippen LogP contribution in [0.1, 0.15) is 26.3 Å².